The molecule has 106 valence electrons. The molecule has 0 saturated carbocycles. The van der Waals surface area contributed by atoms with E-state index in [2.05, 4.69) is 16.8 Å². The van der Waals surface area contributed by atoms with Crippen molar-refractivity contribution in [3.05, 3.63) is 23.8 Å². The van der Waals surface area contributed by atoms with Crippen molar-refractivity contribution in [1.29, 1.82) is 0 Å². The summed E-state index contributed by atoms with van der Waals surface area (Å²) in [5, 5.41) is 0. The summed E-state index contributed by atoms with van der Waals surface area (Å²) in [4.78, 5) is 6.92. The molecule has 0 radical (unpaired) electrons. The molecule has 1 aromatic rings. The highest BCUT2D eigenvalue weighted by atomic mass is 16.6. The van der Waals surface area contributed by atoms with E-state index in [4.69, 9.17) is 15.4 Å². The van der Waals surface area contributed by atoms with Crippen LogP contribution in [-0.4, -0.2) is 38.3 Å². The van der Waals surface area contributed by atoms with Crippen LogP contribution in [0.5, 0.6) is 11.5 Å². The number of benzene rings is 1. The van der Waals surface area contributed by atoms with Gasteiger partial charge in [0.15, 0.2) is 11.5 Å². The molecule has 2 rings (SSSR count). The number of likely N-dealkylation sites (N-methyl/N-ethyl adjacent to an activating group) is 1. The molecule has 5 heteroatoms. The molecule has 2 N–H and O–H groups in total. The summed E-state index contributed by atoms with van der Waals surface area (Å²) < 4.78 is 11.4. The maximum atomic E-state index is 6.04. The number of hydrogen-bond donors (Lipinski definition) is 1. The van der Waals surface area contributed by atoms with Crippen molar-refractivity contribution in [2.75, 3.05) is 27.2 Å². The van der Waals surface area contributed by atoms with Crippen molar-refractivity contribution in [3.63, 3.8) is 0 Å². The SMILES string of the molecule is COc1cc(CON)ccc1OC1CCCN(C)C1. The summed E-state index contributed by atoms with van der Waals surface area (Å²) in [5.74, 6) is 6.58. The number of hydrogen-bond acceptors (Lipinski definition) is 5. The molecule has 5 nitrogen and oxygen atoms in total. The van der Waals surface area contributed by atoms with Crippen LogP contribution in [0.25, 0.3) is 0 Å². The van der Waals surface area contributed by atoms with Crippen LogP contribution in [0.2, 0.25) is 0 Å². The highest BCUT2D eigenvalue weighted by Crippen LogP contribution is 2.30. The topological polar surface area (TPSA) is 57.0 Å². The van der Waals surface area contributed by atoms with Gasteiger partial charge in [-0.3, -0.25) is 4.84 Å². The fourth-order valence-electron chi connectivity index (χ4n) is 2.39. The lowest BCUT2D eigenvalue weighted by Crippen LogP contribution is -2.38. The minimum Gasteiger partial charge on any atom is -0.493 e. The van der Waals surface area contributed by atoms with E-state index in [0.29, 0.717) is 6.61 Å². The molecule has 0 amide bonds. The normalized spacial score (nSPS) is 20.3. The van der Waals surface area contributed by atoms with Crippen LogP contribution in [0, 0.1) is 0 Å². The minimum atomic E-state index is 0.226. The standard InChI is InChI=1S/C14H22N2O3/c1-16-7-3-4-12(9-16)19-13-6-5-11(10-18-15)8-14(13)17-2/h5-6,8,12H,3-4,7,9-10,15H2,1-2H3. The van der Waals surface area contributed by atoms with Crippen molar-refractivity contribution in [3.8, 4) is 11.5 Å². The van der Waals surface area contributed by atoms with Crippen LogP contribution in [0.1, 0.15) is 18.4 Å². The Morgan fingerprint density at radius 2 is 2.21 bits per heavy atom. The van der Waals surface area contributed by atoms with Crippen molar-refractivity contribution in [2.24, 2.45) is 5.90 Å². The summed E-state index contributed by atoms with van der Waals surface area (Å²) >= 11 is 0. The van der Waals surface area contributed by atoms with Crippen LogP contribution >= 0.6 is 0 Å². The lowest BCUT2D eigenvalue weighted by molar-refractivity contribution is 0.101. The quantitative estimate of drug-likeness (QED) is 0.820. The zero-order valence-corrected chi connectivity index (χ0v) is 11.6. The van der Waals surface area contributed by atoms with Gasteiger partial charge in [-0.2, -0.15) is 0 Å². The van der Waals surface area contributed by atoms with Crippen molar-refractivity contribution < 1.29 is 14.3 Å². The highest BCUT2D eigenvalue weighted by Gasteiger charge is 2.20. The van der Waals surface area contributed by atoms with Gasteiger partial charge in [0, 0.05) is 6.54 Å². The monoisotopic (exact) mass is 266 g/mol. The van der Waals surface area contributed by atoms with Gasteiger partial charge in [0.25, 0.3) is 0 Å². The summed E-state index contributed by atoms with van der Waals surface area (Å²) in [6.07, 6.45) is 2.48. The van der Waals surface area contributed by atoms with Gasteiger partial charge in [0.1, 0.15) is 6.10 Å². The molecule has 1 saturated heterocycles. The molecule has 1 fully saturated rings. The number of nitrogens with two attached hydrogens (primary N) is 1. The molecular weight excluding hydrogens is 244 g/mol. The first-order valence-electron chi connectivity index (χ1n) is 6.56. The molecule has 1 aromatic carbocycles. The zero-order chi connectivity index (χ0) is 13.7. The van der Waals surface area contributed by atoms with Gasteiger partial charge in [0.2, 0.25) is 0 Å². The van der Waals surface area contributed by atoms with E-state index < -0.39 is 0 Å². The van der Waals surface area contributed by atoms with E-state index in [1.165, 1.54) is 6.42 Å². The number of ether oxygens (including phenoxy) is 2. The Hall–Kier alpha value is -1.30. The largest absolute Gasteiger partial charge is 0.493 e. The average Bonchev–Trinajstić information content (AvgIpc) is 2.41. The first-order valence-corrected chi connectivity index (χ1v) is 6.56. The second kappa shape index (κ2) is 6.75. The van der Waals surface area contributed by atoms with Crippen LogP contribution in [0.15, 0.2) is 18.2 Å². The second-order valence-corrected chi connectivity index (χ2v) is 4.94. The van der Waals surface area contributed by atoms with E-state index in [1.54, 1.807) is 7.11 Å². The molecule has 0 aliphatic carbocycles. The van der Waals surface area contributed by atoms with Crippen molar-refractivity contribution in [2.45, 2.75) is 25.6 Å². The first-order chi connectivity index (χ1) is 9.22. The van der Waals surface area contributed by atoms with Gasteiger partial charge in [-0.25, -0.2) is 5.90 Å². The van der Waals surface area contributed by atoms with E-state index in [-0.39, 0.29) is 6.10 Å². The Morgan fingerprint density at radius 3 is 2.89 bits per heavy atom. The third kappa shape index (κ3) is 3.83. The zero-order valence-electron chi connectivity index (χ0n) is 11.6. The summed E-state index contributed by atoms with van der Waals surface area (Å²) in [6.45, 7) is 2.46. The Bertz CT molecular complexity index is 412. The maximum Gasteiger partial charge on any atom is 0.161 e. The van der Waals surface area contributed by atoms with Gasteiger partial charge in [-0.05, 0) is 44.1 Å². The number of nitrogens with zero attached hydrogens (tertiary/aromatic N) is 1. The van der Waals surface area contributed by atoms with Crippen molar-refractivity contribution in [1.82, 2.24) is 4.90 Å². The van der Waals surface area contributed by atoms with E-state index in [1.807, 2.05) is 18.2 Å². The second-order valence-electron chi connectivity index (χ2n) is 4.94. The predicted octanol–water partition coefficient (Wildman–Crippen LogP) is 1.56. The number of rotatable bonds is 5. The molecule has 1 unspecified atom stereocenters. The lowest BCUT2D eigenvalue weighted by Gasteiger charge is -2.30. The fraction of sp³-hybridized carbons (Fsp3) is 0.571. The molecule has 1 atom stereocenters. The maximum absolute atomic E-state index is 6.04. The number of piperidine rings is 1. The Balaban J connectivity index is 2.06. The minimum absolute atomic E-state index is 0.226. The smallest absolute Gasteiger partial charge is 0.161 e. The molecule has 19 heavy (non-hydrogen) atoms. The van der Waals surface area contributed by atoms with E-state index in [9.17, 15) is 0 Å². The molecular formula is C14H22N2O3. The van der Waals surface area contributed by atoms with E-state index in [0.717, 1.165) is 36.6 Å². The van der Waals surface area contributed by atoms with Gasteiger partial charge >= 0.3 is 0 Å². The first kappa shape index (κ1) is 14.1. The average molecular weight is 266 g/mol. The van der Waals surface area contributed by atoms with Gasteiger partial charge in [-0.1, -0.05) is 6.07 Å². The summed E-state index contributed by atoms with van der Waals surface area (Å²) in [6, 6.07) is 5.76. The highest BCUT2D eigenvalue weighted by molar-refractivity contribution is 5.43. The molecule has 0 spiro atoms. The summed E-state index contributed by atoms with van der Waals surface area (Å²) in [7, 11) is 3.76. The molecule has 1 aliphatic heterocycles. The number of likely N-dealkylation sites (tertiary alicyclic amines) is 1. The Labute approximate surface area is 114 Å². The predicted molar refractivity (Wildman–Crippen MR) is 73.1 cm³/mol. The molecule has 0 bridgehead atoms. The summed E-state index contributed by atoms with van der Waals surface area (Å²) in [5.41, 5.74) is 0.965. The van der Waals surface area contributed by atoms with Crippen LogP contribution in [-0.2, 0) is 11.4 Å². The third-order valence-corrected chi connectivity index (χ3v) is 3.35. The molecule has 1 aliphatic rings. The van der Waals surface area contributed by atoms with Crippen molar-refractivity contribution >= 4 is 0 Å². The van der Waals surface area contributed by atoms with Gasteiger partial charge in [-0.15, -0.1) is 0 Å². The van der Waals surface area contributed by atoms with Crippen LogP contribution in [0.3, 0.4) is 0 Å². The third-order valence-electron chi connectivity index (χ3n) is 3.35. The Kier molecular flexibility index (Phi) is 5.01. The van der Waals surface area contributed by atoms with E-state index >= 15 is 0 Å². The van der Waals surface area contributed by atoms with Gasteiger partial charge < -0.3 is 14.4 Å². The van der Waals surface area contributed by atoms with Crippen LogP contribution < -0.4 is 15.4 Å². The molecule has 0 aromatic heterocycles. The van der Waals surface area contributed by atoms with Gasteiger partial charge in [0.05, 0.1) is 13.7 Å². The lowest BCUT2D eigenvalue weighted by atomic mass is 10.1. The molecule has 1 heterocycles. The fourth-order valence-corrected chi connectivity index (χ4v) is 2.39. The number of methoxy groups -OCH3 is 1. The Morgan fingerprint density at radius 1 is 1.37 bits per heavy atom. The van der Waals surface area contributed by atoms with Crippen LogP contribution in [0.4, 0.5) is 0 Å².